The highest BCUT2D eigenvalue weighted by Gasteiger charge is 2.07. The molecule has 0 aliphatic rings. The van der Waals surface area contributed by atoms with Crippen molar-refractivity contribution in [2.75, 3.05) is 0 Å². The van der Waals surface area contributed by atoms with Crippen molar-refractivity contribution in [2.45, 2.75) is 0 Å². The third-order valence-electron chi connectivity index (χ3n) is 2.15. The SMILES string of the molecule is C#Cc1ncn(-c2ccc(I)cc2)c1C#C. The molecule has 2 aromatic rings. The zero-order chi connectivity index (χ0) is 11.5. The molecule has 0 saturated heterocycles. The lowest BCUT2D eigenvalue weighted by Gasteiger charge is -2.03. The molecule has 0 N–H and O–H groups in total. The van der Waals surface area contributed by atoms with Gasteiger partial charge >= 0.3 is 0 Å². The minimum atomic E-state index is 0.501. The zero-order valence-corrected chi connectivity index (χ0v) is 10.5. The lowest BCUT2D eigenvalue weighted by Crippen LogP contribution is -1.96. The summed E-state index contributed by atoms with van der Waals surface area (Å²) in [6.45, 7) is 0. The first-order valence-electron chi connectivity index (χ1n) is 4.52. The topological polar surface area (TPSA) is 17.8 Å². The van der Waals surface area contributed by atoms with Crippen LogP contribution in [-0.4, -0.2) is 9.55 Å². The normalized spacial score (nSPS) is 9.44. The van der Waals surface area contributed by atoms with Crippen LogP contribution in [0.5, 0.6) is 0 Å². The van der Waals surface area contributed by atoms with E-state index in [-0.39, 0.29) is 0 Å². The molecule has 0 fully saturated rings. The van der Waals surface area contributed by atoms with Crippen molar-refractivity contribution in [1.82, 2.24) is 9.55 Å². The number of hydrogen-bond acceptors (Lipinski definition) is 1. The first-order valence-corrected chi connectivity index (χ1v) is 5.60. The fourth-order valence-electron chi connectivity index (χ4n) is 1.39. The van der Waals surface area contributed by atoms with Crippen LogP contribution >= 0.6 is 22.6 Å². The molecule has 0 saturated carbocycles. The van der Waals surface area contributed by atoms with Crippen molar-refractivity contribution in [3.8, 4) is 30.4 Å². The molecule has 1 aromatic carbocycles. The molecular formula is C13H7IN2. The first kappa shape index (κ1) is 10.8. The predicted molar refractivity (Wildman–Crippen MR) is 72.2 cm³/mol. The van der Waals surface area contributed by atoms with Crippen molar-refractivity contribution < 1.29 is 0 Å². The standard InChI is InChI=1S/C13H7IN2/c1-3-12-13(4-2)16(9-15-12)11-7-5-10(14)6-8-11/h1-2,5-9H. The average Bonchev–Trinajstić information content (AvgIpc) is 2.72. The number of rotatable bonds is 1. The number of nitrogens with zero attached hydrogens (tertiary/aromatic N) is 2. The maximum absolute atomic E-state index is 5.43. The van der Waals surface area contributed by atoms with Gasteiger partial charge in [-0.05, 0) is 58.7 Å². The Morgan fingerprint density at radius 1 is 1.12 bits per heavy atom. The van der Waals surface area contributed by atoms with Crippen molar-refractivity contribution in [2.24, 2.45) is 0 Å². The van der Waals surface area contributed by atoms with Crippen LogP contribution in [0.2, 0.25) is 0 Å². The van der Waals surface area contributed by atoms with Crippen LogP contribution < -0.4 is 0 Å². The highest BCUT2D eigenvalue weighted by molar-refractivity contribution is 14.1. The molecule has 0 atom stereocenters. The minimum absolute atomic E-state index is 0.501. The summed E-state index contributed by atoms with van der Waals surface area (Å²) in [6.07, 6.45) is 12.4. The highest BCUT2D eigenvalue weighted by Crippen LogP contribution is 2.15. The predicted octanol–water partition coefficient (Wildman–Crippen LogP) is 2.44. The molecule has 0 aliphatic heterocycles. The second kappa shape index (κ2) is 4.42. The second-order valence-corrected chi connectivity index (χ2v) is 4.32. The molecule has 0 amide bonds. The molecule has 1 heterocycles. The number of hydrogen-bond donors (Lipinski definition) is 0. The van der Waals surface area contributed by atoms with Gasteiger partial charge in [-0.1, -0.05) is 0 Å². The number of imidazole rings is 1. The summed E-state index contributed by atoms with van der Waals surface area (Å²) < 4.78 is 2.98. The van der Waals surface area contributed by atoms with Crippen LogP contribution in [0.25, 0.3) is 5.69 Å². The van der Waals surface area contributed by atoms with Crippen LogP contribution in [-0.2, 0) is 0 Å². The third kappa shape index (κ3) is 1.82. The quantitative estimate of drug-likeness (QED) is 0.583. The zero-order valence-electron chi connectivity index (χ0n) is 8.31. The van der Waals surface area contributed by atoms with E-state index >= 15 is 0 Å². The van der Waals surface area contributed by atoms with Crippen molar-refractivity contribution in [3.05, 3.63) is 45.6 Å². The fraction of sp³-hybridized carbons (Fsp3) is 0. The molecule has 2 rings (SSSR count). The summed E-state index contributed by atoms with van der Waals surface area (Å²) in [4.78, 5) is 4.09. The van der Waals surface area contributed by atoms with Crippen molar-refractivity contribution in [1.29, 1.82) is 0 Å². The Hall–Kier alpha value is -1.72. The summed E-state index contributed by atoms with van der Waals surface area (Å²) in [5.41, 5.74) is 2.08. The fourth-order valence-corrected chi connectivity index (χ4v) is 1.75. The molecule has 1 aromatic heterocycles. The smallest absolute Gasteiger partial charge is 0.147 e. The number of terminal acetylenes is 2. The largest absolute Gasteiger partial charge is 0.291 e. The van der Waals surface area contributed by atoms with E-state index in [9.17, 15) is 0 Å². The van der Waals surface area contributed by atoms with Gasteiger partial charge in [-0.25, -0.2) is 4.98 Å². The van der Waals surface area contributed by atoms with Crippen LogP contribution in [0.1, 0.15) is 11.4 Å². The first-order chi connectivity index (χ1) is 7.76. The summed E-state index contributed by atoms with van der Waals surface area (Å²) in [7, 11) is 0. The van der Waals surface area contributed by atoms with Crippen LogP contribution in [0.3, 0.4) is 0 Å². The third-order valence-corrected chi connectivity index (χ3v) is 2.86. The van der Waals surface area contributed by atoms with E-state index in [4.69, 9.17) is 12.8 Å². The van der Waals surface area contributed by atoms with E-state index in [1.54, 1.807) is 6.33 Å². The van der Waals surface area contributed by atoms with Gasteiger partial charge in [0, 0.05) is 9.26 Å². The second-order valence-electron chi connectivity index (χ2n) is 3.08. The van der Waals surface area contributed by atoms with Gasteiger partial charge in [-0.2, -0.15) is 0 Å². The van der Waals surface area contributed by atoms with E-state index in [1.807, 2.05) is 28.8 Å². The van der Waals surface area contributed by atoms with Gasteiger partial charge in [0.15, 0.2) is 0 Å². The summed E-state index contributed by atoms with van der Waals surface area (Å²) in [6, 6.07) is 7.96. The lowest BCUT2D eigenvalue weighted by atomic mass is 10.3. The van der Waals surface area contributed by atoms with Gasteiger partial charge in [0.25, 0.3) is 0 Å². The molecule has 3 heteroatoms. The van der Waals surface area contributed by atoms with Crippen LogP contribution in [0.15, 0.2) is 30.6 Å². The van der Waals surface area contributed by atoms with Crippen molar-refractivity contribution in [3.63, 3.8) is 0 Å². The summed E-state index contributed by atoms with van der Waals surface area (Å²) in [5, 5.41) is 0. The van der Waals surface area contributed by atoms with Crippen molar-refractivity contribution >= 4 is 22.6 Å². The molecule has 0 radical (unpaired) electrons. The Balaban J connectivity index is 2.58. The van der Waals surface area contributed by atoms with E-state index in [1.165, 1.54) is 3.57 Å². The van der Waals surface area contributed by atoms with Gasteiger partial charge < -0.3 is 0 Å². The van der Waals surface area contributed by atoms with Gasteiger partial charge in [0.05, 0.1) is 0 Å². The Morgan fingerprint density at radius 2 is 1.81 bits per heavy atom. The molecule has 76 valence electrons. The molecule has 0 unspecified atom stereocenters. The summed E-state index contributed by atoms with van der Waals surface area (Å²) >= 11 is 2.25. The van der Waals surface area contributed by atoms with Gasteiger partial charge in [-0.3, -0.25) is 4.57 Å². The monoisotopic (exact) mass is 318 g/mol. The Morgan fingerprint density at radius 3 is 2.38 bits per heavy atom. The number of aromatic nitrogens is 2. The van der Waals surface area contributed by atoms with Gasteiger partial charge in [-0.15, -0.1) is 12.8 Å². The van der Waals surface area contributed by atoms with Gasteiger partial charge in [0.1, 0.15) is 17.7 Å². The van der Waals surface area contributed by atoms with E-state index < -0.39 is 0 Å². The van der Waals surface area contributed by atoms with Gasteiger partial charge in [0.2, 0.25) is 0 Å². The molecule has 0 aliphatic carbocycles. The maximum atomic E-state index is 5.43. The van der Waals surface area contributed by atoms with Crippen LogP contribution in [0, 0.1) is 28.3 Å². The lowest BCUT2D eigenvalue weighted by molar-refractivity contribution is 1.04. The van der Waals surface area contributed by atoms with Crippen LogP contribution in [0.4, 0.5) is 0 Å². The Bertz CT molecular complexity index is 594. The van der Waals surface area contributed by atoms with E-state index in [0.717, 1.165) is 5.69 Å². The highest BCUT2D eigenvalue weighted by atomic mass is 127. The summed E-state index contributed by atoms with van der Waals surface area (Å²) in [5.74, 6) is 5.04. The Kier molecular flexibility index (Phi) is 2.98. The molecule has 0 bridgehead atoms. The molecule has 16 heavy (non-hydrogen) atoms. The number of halogens is 1. The average molecular weight is 318 g/mol. The Labute approximate surface area is 108 Å². The number of benzene rings is 1. The molecule has 2 nitrogen and oxygen atoms in total. The molecular weight excluding hydrogens is 311 g/mol. The van der Waals surface area contributed by atoms with E-state index in [2.05, 4.69) is 39.4 Å². The maximum Gasteiger partial charge on any atom is 0.147 e. The molecule has 0 spiro atoms. The van der Waals surface area contributed by atoms with E-state index in [0.29, 0.717) is 11.4 Å². The minimum Gasteiger partial charge on any atom is -0.291 e.